The Morgan fingerprint density at radius 1 is 1.19 bits per heavy atom. The molecule has 0 aliphatic carbocycles. The van der Waals surface area contributed by atoms with Crippen molar-refractivity contribution in [2.75, 3.05) is 19.7 Å². The van der Waals surface area contributed by atoms with E-state index in [1.807, 2.05) is 35.2 Å². The molecule has 1 aliphatic heterocycles. The lowest BCUT2D eigenvalue weighted by Crippen LogP contribution is -2.29. The van der Waals surface area contributed by atoms with Crippen molar-refractivity contribution in [3.63, 3.8) is 0 Å². The molecule has 0 spiro atoms. The molecular weight excluding hydrogens is 266 g/mol. The van der Waals surface area contributed by atoms with Gasteiger partial charge in [0.2, 0.25) is 11.8 Å². The number of amides is 1. The van der Waals surface area contributed by atoms with Crippen molar-refractivity contribution in [3.05, 3.63) is 42.7 Å². The molecule has 2 aromatic rings. The number of carbonyl (C=O) groups excluding carboxylic acids is 1. The van der Waals surface area contributed by atoms with Gasteiger partial charge in [0.05, 0.1) is 12.2 Å². The Kier molecular flexibility index (Phi) is 4.09. The van der Waals surface area contributed by atoms with E-state index in [-0.39, 0.29) is 5.91 Å². The molecule has 0 unspecified atom stereocenters. The molecule has 0 aromatic carbocycles. The van der Waals surface area contributed by atoms with E-state index >= 15 is 0 Å². The third-order valence-corrected chi connectivity index (χ3v) is 3.48. The van der Waals surface area contributed by atoms with Crippen LogP contribution >= 0.6 is 0 Å². The quantitative estimate of drug-likeness (QED) is 0.843. The number of hydrogen-bond donors (Lipinski definition) is 0. The zero-order chi connectivity index (χ0) is 14.5. The molecule has 21 heavy (non-hydrogen) atoms. The molecule has 1 aliphatic rings. The van der Waals surface area contributed by atoms with E-state index in [1.54, 1.807) is 12.4 Å². The summed E-state index contributed by atoms with van der Waals surface area (Å²) in [4.78, 5) is 21.9. The van der Waals surface area contributed by atoms with Crippen LogP contribution in [0.2, 0.25) is 0 Å². The number of pyridine rings is 2. The number of ether oxygens (including phenoxy) is 1. The number of likely N-dealkylation sites (tertiary alicyclic amines) is 1. The van der Waals surface area contributed by atoms with Gasteiger partial charge in [-0.3, -0.25) is 9.78 Å². The minimum atomic E-state index is 0.219. The lowest BCUT2D eigenvalue weighted by Gasteiger charge is -2.15. The summed E-state index contributed by atoms with van der Waals surface area (Å²) < 4.78 is 5.58. The maximum Gasteiger partial charge on any atom is 0.222 e. The van der Waals surface area contributed by atoms with E-state index < -0.39 is 0 Å². The Labute approximate surface area is 123 Å². The van der Waals surface area contributed by atoms with Gasteiger partial charge in [0.15, 0.2) is 0 Å². The number of rotatable bonds is 5. The maximum absolute atomic E-state index is 11.5. The fourth-order valence-electron chi connectivity index (χ4n) is 2.35. The molecule has 1 fully saturated rings. The molecule has 3 heterocycles. The molecule has 0 radical (unpaired) electrons. The van der Waals surface area contributed by atoms with Crippen LogP contribution in [-0.2, 0) is 4.79 Å². The zero-order valence-electron chi connectivity index (χ0n) is 11.7. The minimum absolute atomic E-state index is 0.219. The van der Waals surface area contributed by atoms with Gasteiger partial charge in [-0.2, -0.15) is 0 Å². The van der Waals surface area contributed by atoms with Crippen LogP contribution in [0.15, 0.2) is 42.7 Å². The van der Waals surface area contributed by atoms with Gasteiger partial charge >= 0.3 is 0 Å². The predicted molar refractivity (Wildman–Crippen MR) is 78.8 cm³/mol. The van der Waals surface area contributed by atoms with Crippen molar-refractivity contribution < 1.29 is 9.53 Å². The first-order chi connectivity index (χ1) is 10.3. The van der Waals surface area contributed by atoms with Gasteiger partial charge in [0.1, 0.15) is 6.61 Å². The van der Waals surface area contributed by atoms with Crippen LogP contribution < -0.4 is 4.74 Å². The molecule has 108 valence electrons. The summed E-state index contributed by atoms with van der Waals surface area (Å²) in [6, 6.07) is 9.53. The first kappa shape index (κ1) is 13.5. The topological polar surface area (TPSA) is 55.3 Å². The van der Waals surface area contributed by atoms with Gasteiger partial charge in [0, 0.05) is 37.0 Å². The molecule has 0 N–H and O–H groups in total. The van der Waals surface area contributed by atoms with Crippen molar-refractivity contribution in [2.45, 2.75) is 12.8 Å². The van der Waals surface area contributed by atoms with Crippen molar-refractivity contribution in [3.8, 4) is 17.1 Å². The summed E-state index contributed by atoms with van der Waals surface area (Å²) in [5.41, 5.74) is 1.84. The first-order valence-corrected chi connectivity index (χ1v) is 7.11. The highest BCUT2D eigenvalue weighted by molar-refractivity contribution is 5.78. The second-order valence-electron chi connectivity index (χ2n) is 4.93. The van der Waals surface area contributed by atoms with E-state index in [1.165, 1.54) is 0 Å². The van der Waals surface area contributed by atoms with Crippen LogP contribution in [0.3, 0.4) is 0 Å². The fourth-order valence-corrected chi connectivity index (χ4v) is 2.35. The maximum atomic E-state index is 11.5. The first-order valence-electron chi connectivity index (χ1n) is 7.11. The highest BCUT2D eigenvalue weighted by Crippen LogP contribution is 2.17. The number of carbonyl (C=O) groups is 1. The summed E-state index contributed by atoms with van der Waals surface area (Å²) in [6.07, 6.45) is 5.12. The number of nitrogens with zero attached hydrogens (tertiary/aromatic N) is 3. The van der Waals surface area contributed by atoms with Crippen LogP contribution in [0.25, 0.3) is 11.3 Å². The zero-order valence-corrected chi connectivity index (χ0v) is 11.7. The molecular formula is C16H17N3O2. The number of hydrogen-bond acceptors (Lipinski definition) is 4. The average Bonchev–Trinajstić information content (AvgIpc) is 2.94. The molecule has 2 aromatic heterocycles. The van der Waals surface area contributed by atoms with E-state index in [4.69, 9.17) is 4.74 Å². The third kappa shape index (κ3) is 3.37. The van der Waals surface area contributed by atoms with E-state index in [0.29, 0.717) is 25.5 Å². The Hall–Kier alpha value is -2.43. The molecule has 1 saturated heterocycles. The van der Waals surface area contributed by atoms with Crippen LogP contribution in [0.1, 0.15) is 12.8 Å². The van der Waals surface area contributed by atoms with Gasteiger partial charge < -0.3 is 9.64 Å². The van der Waals surface area contributed by atoms with Crippen LogP contribution in [0, 0.1) is 0 Å². The summed E-state index contributed by atoms with van der Waals surface area (Å²) in [5, 5.41) is 0. The predicted octanol–water partition coefficient (Wildman–Crippen LogP) is 2.14. The molecule has 5 heteroatoms. The van der Waals surface area contributed by atoms with Crippen LogP contribution in [-0.4, -0.2) is 40.5 Å². The normalized spacial score (nSPS) is 14.5. The van der Waals surface area contributed by atoms with E-state index in [0.717, 1.165) is 24.2 Å². The molecule has 1 amide bonds. The molecule has 0 atom stereocenters. The molecule has 0 saturated carbocycles. The average molecular weight is 283 g/mol. The number of aromatic nitrogens is 2. The summed E-state index contributed by atoms with van der Waals surface area (Å²) in [7, 11) is 0. The van der Waals surface area contributed by atoms with Crippen LogP contribution in [0.5, 0.6) is 5.88 Å². The lowest BCUT2D eigenvalue weighted by atomic mass is 10.2. The monoisotopic (exact) mass is 283 g/mol. The largest absolute Gasteiger partial charge is 0.476 e. The fraction of sp³-hybridized carbons (Fsp3) is 0.312. The third-order valence-electron chi connectivity index (χ3n) is 3.48. The van der Waals surface area contributed by atoms with E-state index in [2.05, 4.69) is 9.97 Å². The highest BCUT2D eigenvalue weighted by Gasteiger charge is 2.19. The summed E-state index contributed by atoms with van der Waals surface area (Å²) >= 11 is 0. The molecule has 0 bridgehead atoms. The Morgan fingerprint density at radius 3 is 2.81 bits per heavy atom. The van der Waals surface area contributed by atoms with Crippen molar-refractivity contribution in [2.24, 2.45) is 0 Å². The Morgan fingerprint density at radius 2 is 2.14 bits per heavy atom. The van der Waals surface area contributed by atoms with Crippen LogP contribution in [0.4, 0.5) is 0 Å². The van der Waals surface area contributed by atoms with Gasteiger partial charge in [-0.1, -0.05) is 6.07 Å². The highest BCUT2D eigenvalue weighted by atomic mass is 16.5. The Balaban J connectivity index is 1.54. The summed E-state index contributed by atoms with van der Waals surface area (Å²) in [5.74, 6) is 0.790. The van der Waals surface area contributed by atoms with Gasteiger partial charge in [0.25, 0.3) is 0 Å². The Bertz CT molecular complexity index is 599. The van der Waals surface area contributed by atoms with E-state index in [9.17, 15) is 4.79 Å². The van der Waals surface area contributed by atoms with Gasteiger partial charge in [-0.25, -0.2) is 4.98 Å². The molecule has 5 nitrogen and oxygen atoms in total. The van der Waals surface area contributed by atoms with Crippen molar-refractivity contribution in [1.29, 1.82) is 0 Å². The second kappa shape index (κ2) is 6.35. The van der Waals surface area contributed by atoms with Gasteiger partial charge in [-0.05, 0) is 24.6 Å². The smallest absolute Gasteiger partial charge is 0.222 e. The van der Waals surface area contributed by atoms with Crippen molar-refractivity contribution in [1.82, 2.24) is 14.9 Å². The van der Waals surface area contributed by atoms with Gasteiger partial charge in [-0.15, -0.1) is 0 Å². The minimum Gasteiger partial charge on any atom is -0.476 e. The summed E-state index contributed by atoms with van der Waals surface area (Å²) in [6.45, 7) is 1.94. The standard InChI is InChI=1S/C16H17N3O2/c20-16-5-3-9-19(16)10-11-21-15-7-6-13(12-18-15)14-4-1-2-8-17-14/h1-2,4,6-8,12H,3,5,9-11H2. The second-order valence-corrected chi connectivity index (χ2v) is 4.93. The lowest BCUT2D eigenvalue weighted by molar-refractivity contribution is -0.128. The van der Waals surface area contributed by atoms with Crippen molar-refractivity contribution >= 4 is 5.91 Å². The SMILES string of the molecule is O=C1CCCN1CCOc1ccc(-c2ccccn2)cn1. The molecule has 3 rings (SSSR count).